The van der Waals surface area contributed by atoms with Gasteiger partial charge in [0.25, 0.3) is 0 Å². The van der Waals surface area contributed by atoms with E-state index >= 15 is 0 Å². The molecule has 0 saturated carbocycles. The van der Waals surface area contributed by atoms with Crippen LogP contribution < -0.4 is 16.8 Å². The van der Waals surface area contributed by atoms with Crippen molar-refractivity contribution in [2.75, 3.05) is 39.4 Å². The van der Waals surface area contributed by atoms with Crippen LogP contribution in [-0.4, -0.2) is 39.4 Å². The molecule has 0 aromatic heterocycles. The largest absolute Gasteiger partial charge is 0.380 e. The van der Waals surface area contributed by atoms with E-state index in [1.807, 2.05) is 0 Å². The van der Waals surface area contributed by atoms with Gasteiger partial charge in [-0.3, -0.25) is 0 Å². The molecule has 0 unspecified atom stereocenters. The Balaban J connectivity index is 2.69. The molecule has 0 heterocycles. The molecule has 0 aromatic rings. The summed E-state index contributed by atoms with van der Waals surface area (Å²) in [6.45, 7) is 4.62. The van der Waals surface area contributed by atoms with Crippen LogP contribution in [0.3, 0.4) is 0 Å². The van der Waals surface area contributed by atoms with E-state index in [0.29, 0.717) is 19.7 Å². The Morgan fingerprint density at radius 3 is 2.45 bits per heavy atom. The van der Waals surface area contributed by atoms with Gasteiger partial charge in [0.15, 0.2) is 0 Å². The average molecular weight is 161 g/mol. The lowest BCUT2D eigenvalue weighted by Crippen LogP contribution is -2.24. The topological polar surface area (TPSA) is 73.3 Å². The van der Waals surface area contributed by atoms with Crippen molar-refractivity contribution in [1.29, 1.82) is 0 Å². The van der Waals surface area contributed by atoms with Gasteiger partial charge < -0.3 is 21.5 Å². The van der Waals surface area contributed by atoms with Gasteiger partial charge in [-0.15, -0.1) is 0 Å². The van der Waals surface area contributed by atoms with Crippen LogP contribution >= 0.6 is 0 Å². The molecular weight excluding hydrogens is 142 g/mol. The molecule has 0 saturated heterocycles. The van der Waals surface area contributed by atoms with Crippen molar-refractivity contribution in [3.8, 4) is 0 Å². The Kier molecular flexibility index (Phi) is 9.70. The lowest BCUT2D eigenvalue weighted by atomic mass is 10.4. The van der Waals surface area contributed by atoms with Gasteiger partial charge in [0.2, 0.25) is 0 Å². The second-order valence-electron chi connectivity index (χ2n) is 2.29. The third-order valence-electron chi connectivity index (χ3n) is 1.23. The number of ether oxygens (including phenoxy) is 1. The zero-order valence-electron chi connectivity index (χ0n) is 7.01. The minimum absolute atomic E-state index is 0.607. The van der Waals surface area contributed by atoms with Crippen LogP contribution in [0.1, 0.15) is 6.42 Å². The van der Waals surface area contributed by atoms with Crippen molar-refractivity contribution >= 4 is 0 Å². The number of nitrogens with two attached hydrogens (primary N) is 2. The number of hydrogen-bond acceptors (Lipinski definition) is 4. The van der Waals surface area contributed by atoms with E-state index in [4.69, 9.17) is 16.2 Å². The van der Waals surface area contributed by atoms with Crippen LogP contribution in [0.15, 0.2) is 0 Å². The van der Waals surface area contributed by atoms with Crippen LogP contribution in [0.4, 0.5) is 0 Å². The third kappa shape index (κ3) is 9.84. The maximum Gasteiger partial charge on any atom is 0.0588 e. The van der Waals surface area contributed by atoms with Gasteiger partial charge in [-0.2, -0.15) is 0 Å². The highest BCUT2D eigenvalue weighted by Gasteiger charge is 1.86. The van der Waals surface area contributed by atoms with Crippen molar-refractivity contribution in [3.05, 3.63) is 0 Å². The zero-order valence-corrected chi connectivity index (χ0v) is 7.01. The van der Waals surface area contributed by atoms with E-state index in [2.05, 4.69) is 5.32 Å². The minimum Gasteiger partial charge on any atom is -0.380 e. The molecule has 0 aromatic carbocycles. The second kappa shape index (κ2) is 9.84. The summed E-state index contributed by atoms with van der Waals surface area (Å²) in [6.07, 6.45) is 1.03. The second-order valence-corrected chi connectivity index (χ2v) is 2.29. The Morgan fingerprint density at radius 2 is 1.82 bits per heavy atom. The summed E-state index contributed by atoms with van der Waals surface area (Å²) in [7, 11) is 0. The summed E-state index contributed by atoms with van der Waals surface area (Å²) >= 11 is 0. The normalized spacial score (nSPS) is 10.4. The van der Waals surface area contributed by atoms with Crippen molar-refractivity contribution in [1.82, 2.24) is 5.32 Å². The molecule has 4 nitrogen and oxygen atoms in total. The van der Waals surface area contributed by atoms with E-state index in [9.17, 15) is 0 Å². The molecule has 0 amide bonds. The van der Waals surface area contributed by atoms with Crippen LogP contribution in [0.5, 0.6) is 0 Å². The molecule has 0 bridgehead atoms. The molecule has 0 atom stereocenters. The number of hydrogen-bond donors (Lipinski definition) is 3. The molecule has 68 valence electrons. The SMILES string of the molecule is NCCNCCCOCCN. The standard InChI is InChI=1S/C7H19N3O/c8-2-5-10-4-1-6-11-7-3-9/h10H,1-9H2. The maximum absolute atomic E-state index is 5.28. The first-order valence-corrected chi connectivity index (χ1v) is 4.10. The molecule has 0 spiro atoms. The first-order chi connectivity index (χ1) is 5.41. The first kappa shape index (κ1) is 10.8. The first-order valence-electron chi connectivity index (χ1n) is 4.10. The van der Waals surface area contributed by atoms with Gasteiger partial charge in [-0.05, 0) is 13.0 Å². The Hall–Kier alpha value is -0.160. The predicted octanol–water partition coefficient (Wildman–Crippen LogP) is -1.10. The fraction of sp³-hybridized carbons (Fsp3) is 1.00. The average Bonchev–Trinajstić information content (AvgIpc) is 2.03. The van der Waals surface area contributed by atoms with E-state index in [1.54, 1.807) is 0 Å². The van der Waals surface area contributed by atoms with Gasteiger partial charge in [-0.25, -0.2) is 0 Å². The molecule has 0 aliphatic carbocycles. The molecule has 5 N–H and O–H groups in total. The zero-order chi connectivity index (χ0) is 8.36. The van der Waals surface area contributed by atoms with Crippen LogP contribution in [0, 0.1) is 0 Å². The summed E-state index contributed by atoms with van der Waals surface area (Å²) in [5.74, 6) is 0. The van der Waals surface area contributed by atoms with Crippen LogP contribution in [-0.2, 0) is 4.74 Å². The van der Waals surface area contributed by atoms with E-state index in [0.717, 1.165) is 26.1 Å². The van der Waals surface area contributed by atoms with E-state index in [-0.39, 0.29) is 0 Å². The molecule has 0 aliphatic heterocycles. The van der Waals surface area contributed by atoms with Gasteiger partial charge in [0.05, 0.1) is 6.61 Å². The predicted molar refractivity (Wildman–Crippen MR) is 46.4 cm³/mol. The summed E-state index contributed by atoms with van der Waals surface area (Å²) in [5.41, 5.74) is 10.5. The highest BCUT2D eigenvalue weighted by Crippen LogP contribution is 1.78. The third-order valence-corrected chi connectivity index (χ3v) is 1.23. The summed E-state index contributed by atoms with van der Waals surface area (Å²) in [5, 5.41) is 3.18. The number of nitrogens with one attached hydrogen (secondary N) is 1. The fourth-order valence-electron chi connectivity index (χ4n) is 0.712. The highest BCUT2D eigenvalue weighted by atomic mass is 16.5. The van der Waals surface area contributed by atoms with E-state index < -0.39 is 0 Å². The van der Waals surface area contributed by atoms with Crippen molar-refractivity contribution in [3.63, 3.8) is 0 Å². The molecule has 11 heavy (non-hydrogen) atoms. The monoisotopic (exact) mass is 161 g/mol. The summed E-state index contributed by atoms with van der Waals surface area (Å²) < 4.78 is 5.17. The Bertz CT molecular complexity index is 62.7. The maximum atomic E-state index is 5.28. The van der Waals surface area contributed by atoms with Gasteiger partial charge >= 0.3 is 0 Å². The fourth-order valence-corrected chi connectivity index (χ4v) is 0.712. The molecule has 4 heteroatoms. The molecule has 0 rings (SSSR count). The van der Waals surface area contributed by atoms with Crippen molar-refractivity contribution < 1.29 is 4.74 Å². The summed E-state index contributed by atoms with van der Waals surface area (Å²) in [4.78, 5) is 0. The Morgan fingerprint density at radius 1 is 1.00 bits per heavy atom. The van der Waals surface area contributed by atoms with Gasteiger partial charge in [-0.1, -0.05) is 0 Å². The van der Waals surface area contributed by atoms with Gasteiger partial charge in [0, 0.05) is 26.2 Å². The molecule has 0 fully saturated rings. The highest BCUT2D eigenvalue weighted by molar-refractivity contribution is 4.46. The minimum atomic E-state index is 0.607. The van der Waals surface area contributed by atoms with Crippen LogP contribution in [0.25, 0.3) is 0 Å². The molecule has 0 radical (unpaired) electrons. The summed E-state index contributed by atoms with van der Waals surface area (Å²) in [6, 6.07) is 0. The van der Waals surface area contributed by atoms with Crippen molar-refractivity contribution in [2.45, 2.75) is 6.42 Å². The Labute approximate surface area is 68.3 Å². The van der Waals surface area contributed by atoms with Crippen LogP contribution in [0.2, 0.25) is 0 Å². The van der Waals surface area contributed by atoms with E-state index in [1.165, 1.54) is 0 Å². The lowest BCUT2D eigenvalue weighted by molar-refractivity contribution is 0.139. The lowest BCUT2D eigenvalue weighted by Gasteiger charge is -2.03. The van der Waals surface area contributed by atoms with Gasteiger partial charge in [0.1, 0.15) is 0 Å². The quantitative estimate of drug-likeness (QED) is 0.395. The molecule has 0 aliphatic rings. The number of rotatable bonds is 8. The smallest absolute Gasteiger partial charge is 0.0588 e. The molecular formula is C7H19N3O. The van der Waals surface area contributed by atoms with Crippen molar-refractivity contribution in [2.24, 2.45) is 11.5 Å².